The number of hydrogen-bond donors (Lipinski definition) is 0. The van der Waals surface area contributed by atoms with Crippen molar-refractivity contribution in [1.82, 2.24) is 4.57 Å². The Kier molecular flexibility index (Phi) is 2.35. The van der Waals surface area contributed by atoms with E-state index in [4.69, 9.17) is 0 Å². The monoisotopic (exact) mass is 201 g/mol. The third-order valence-corrected chi connectivity index (χ3v) is 2.88. The first kappa shape index (κ1) is 9.97. The quantitative estimate of drug-likeness (QED) is 0.731. The molecule has 2 aromatic rings. The summed E-state index contributed by atoms with van der Waals surface area (Å²) in [6.45, 7) is 5.64. The van der Waals surface area contributed by atoms with Crippen LogP contribution in [0.1, 0.15) is 25.5 Å². The molecule has 1 unspecified atom stereocenters. The molecule has 0 amide bonds. The Morgan fingerprint density at radius 3 is 2.73 bits per heavy atom. The van der Waals surface area contributed by atoms with Crippen LogP contribution in [0.2, 0.25) is 0 Å². The lowest BCUT2D eigenvalue weighted by Gasteiger charge is -2.11. The molecule has 2 rings (SSSR count). The topological polar surface area (TPSA) is 22.0 Å². The maximum Gasteiger partial charge on any atom is 0.152 e. The lowest BCUT2D eigenvalue weighted by Crippen LogP contribution is -2.11. The van der Waals surface area contributed by atoms with Gasteiger partial charge >= 0.3 is 0 Å². The molecule has 0 spiro atoms. The average molecular weight is 201 g/mol. The van der Waals surface area contributed by atoms with Gasteiger partial charge in [0.2, 0.25) is 0 Å². The second-order valence-corrected chi connectivity index (χ2v) is 4.07. The van der Waals surface area contributed by atoms with Crippen molar-refractivity contribution in [1.29, 1.82) is 0 Å². The van der Waals surface area contributed by atoms with Crippen LogP contribution in [-0.4, -0.2) is 10.4 Å². The van der Waals surface area contributed by atoms with Crippen LogP contribution in [0.4, 0.5) is 0 Å². The fourth-order valence-electron chi connectivity index (χ4n) is 1.82. The van der Waals surface area contributed by atoms with Crippen molar-refractivity contribution >= 4 is 16.7 Å². The van der Waals surface area contributed by atoms with Gasteiger partial charge in [0.15, 0.2) is 5.78 Å². The minimum atomic E-state index is -0.0785. The molecule has 0 aliphatic heterocycles. The van der Waals surface area contributed by atoms with Crippen molar-refractivity contribution in [2.75, 3.05) is 0 Å². The van der Waals surface area contributed by atoms with E-state index in [9.17, 15) is 4.79 Å². The van der Waals surface area contributed by atoms with Gasteiger partial charge in [0.05, 0.1) is 6.04 Å². The Balaban J connectivity index is 2.59. The number of ketones is 1. The molecule has 15 heavy (non-hydrogen) atoms. The van der Waals surface area contributed by atoms with E-state index in [0.717, 1.165) is 5.52 Å². The number of benzene rings is 1. The third kappa shape index (κ3) is 1.67. The van der Waals surface area contributed by atoms with Crippen molar-refractivity contribution < 1.29 is 4.79 Å². The van der Waals surface area contributed by atoms with Gasteiger partial charge in [-0.05, 0) is 44.4 Å². The fourth-order valence-corrected chi connectivity index (χ4v) is 1.82. The number of Topliss-reactive ketones (excluding diaryl/α,β-unsaturated/α-hetero) is 1. The molecular formula is C13H15NO. The molecule has 0 aliphatic carbocycles. The van der Waals surface area contributed by atoms with Gasteiger partial charge in [0.25, 0.3) is 0 Å². The number of carbonyl (C=O) groups is 1. The molecule has 1 atom stereocenters. The predicted molar refractivity (Wildman–Crippen MR) is 62.1 cm³/mol. The van der Waals surface area contributed by atoms with Crippen LogP contribution >= 0.6 is 0 Å². The summed E-state index contributed by atoms with van der Waals surface area (Å²) in [6.07, 6.45) is 1.98. The number of carbonyl (C=O) groups excluding carboxylic acids is 1. The van der Waals surface area contributed by atoms with Crippen LogP contribution in [0.25, 0.3) is 10.9 Å². The van der Waals surface area contributed by atoms with Gasteiger partial charge in [-0.15, -0.1) is 0 Å². The van der Waals surface area contributed by atoms with E-state index in [0.29, 0.717) is 0 Å². The SMILES string of the molecule is CC(=O)C(C)n1ccc2cc(C)ccc21. The molecule has 78 valence electrons. The van der Waals surface area contributed by atoms with Crippen molar-refractivity contribution in [3.05, 3.63) is 36.0 Å². The number of aromatic nitrogens is 1. The van der Waals surface area contributed by atoms with Gasteiger partial charge in [-0.1, -0.05) is 11.6 Å². The molecule has 0 bridgehead atoms. The highest BCUT2D eigenvalue weighted by atomic mass is 16.1. The van der Waals surface area contributed by atoms with E-state index in [1.807, 2.05) is 17.7 Å². The number of nitrogens with zero attached hydrogens (tertiary/aromatic N) is 1. The normalized spacial score (nSPS) is 13.0. The van der Waals surface area contributed by atoms with Crippen molar-refractivity contribution in [3.8, 4) is 0 Å². The highest BCUT2D eigenvalue weighted by Crippen LogP contribution is 2.21. The molecule has 0 N–H and O–H groups in total. The fraction of sp³-hybridized carbons (Fsp3) is 0.308. The van der Waals surface area contributed by atoms with Gasteiger partial charge in [0, 0.05) is 11.7 Å². The molecule has 0 aliphatic rings. The standard InChI is InChI=1S/C13H15NO/c1-9-4-5-13-12(8-9)6-7-14(13)10(2)11(3)15/h4-8,10H,1-3H3. The maximum absolute atomic E-state index is 11.3. The average Bonchev–Trinajstić information content (AvgIpc) is 2.59. The predicted octanol–water partition coefficient (Wildman–Crippen LogP) is 3.10. The Morgan fingerprint density at radius 2 is 2.07 bits per heavy atom. The van der Waals surface area contributed by atoms with Gasteiger partial charge in [0.1, 0.15) is 0 Å². The highest BCUT2D eigenvalue weighted by molar-refractivity contribution is 5.85. The van der Waals surface area contributed by atoms with E-state index in [-0.39, 0.29) is 11.8 Å². The Labute approximate surface area is 89.5 Å². The van der Waals surface area contributed by atoms with Crippen molar-refractivity contribution in [2.24, 2.45) is 0 Å². The molecule has 0 fully saturated rings. The molecule has 1 aromatic carbocycles. The number of rotatable bonds is 2. The zero-order chi connectivity index (χ0) is 11.0. The molecule has 1 heterocycles. The van der Waals surface area contributed by atoms with Crippen molar-refractivity contribution in [3.63, 3.8) is 0 Å². The van der Waals surface area contributed by atoms with Crippen LogP contribution in [0.3, 0.4) is 0 Å². The zero-order valence-electron chi connectivity index (χ0n) is 9.32. The first-order valence-corrected chi connectivity index (χ1v) is 5.17. The van der Waals surface area contributed by atoms with E-state index in [1.54, 1.807) is 6.92 Å². The molecule has 0 radical (unpaired) electrons. The Bertz CT molecular complexity index is 510. The lowest BCUT2D eigenvalue weighted by molar-refractivity contribution is -0.119. The van der Waals surface area contributed by atoms with E-state index >= 15 is 0 Å². The maximum atomic E-state index is 11.3. The van der Waals surface area contributed by atoms with Gasteiger partial charge < -0.3 is 4.57 Å². The van der Waals surface area contributed by atoms with Crippen LogP contribution in [0, 0.1) is 6.92 Å². The second-order valence-electron chi connectivity index (χ2n) is 4.07. The summed E-state index contributed by atoms with van der Waals surface area (Å²) in [5.74, 6) is 0.188. The van der Waals surface area contributed by atoms with Crippen LogP contribution < -0.4 is 0 Å². The first-order chi connectivity index (χ1) is 7.09. The van der Waals surface area contributed by atoms with E-state index in [1.165, 1.54) is 10.9 Å². The van der Waals surface area contributed by atoms with Crippen LogP contribution in [0.15, 0.2) is 30.5 Å². The molecular weight excluding hydrogens is 186 g/mol. The number of aryl methyl sites for hydroxylation is 1. The Hall–Kier alpha value is -1.57. The van der Waals surface area contributed by atoms with E-state index < -0.39 is 0 Å². The van der Waals surface area contributed by atoms with Crippen LogP contribution in [-0.2, 0) is 4.79 Å². The molecule has 2 heteroatoms. The summed E-state index contributed by atoms with van der Waals surface area (Å²) in [6, 6.07) is 8.26. The van der Waals surface area contributed by atoms with Crippen LogP contribution in [0.5, 0.6) is 0 Å². The highest BCUT2D eigenvalue weighted by Gasteiger charge is 2.11. The summed E-state index contributed by atoms with van der Waals surface area (Å²) in [5.41, 5.74) is 2.37. The molecule has 0 saturated heterocycles. The second kappa shape index (κ2) is 3.54. The van der Waals surface area contributed by atoms with E-state index in [2.05, 4.69) is 31.2 Å². The minimum absolute atomic E-state index is 0.0785. The smallest absolute Gasteiger partial charge is 0.152 e. The van der Waals surface area contributed by atoms with Gasteiger partial charge in [-0.2, -0.15) is 0 Å². The number of fused-ring (bicyclic) bond motifs is 1. The van der Waals surface area contributed by atoms with Gasteiger partial charge in [-0.25, -0.2) is 0 Å². The largest absolute Gasteiger partial charge is 0.337 e. The van der Waals surface area contributed by atoms with Gasteiger partial charge in [-0.3, -0.25) is 4.79 Å². The molecule has 1 aromatic heterocycles. The minimum Gasteiger partial charge on any atom is -0.337 e. The lowest BCUT2D eigenvalue weighted by atomic mass is 10.2. The zero-order valence-corrected chi connectivity index (χ0v) is 9.32. The Morgan fingerprint density at radius 1 is 1.33 bits per heavy atom. The summed E-state index contributed by atoms with van der Waals surface area (Å²) in [5, 5.41) is 1.20. The third-order valence-electron chi connectivity index (χ3n) is 2.88. The molecule has 2 nitrogen and oxygen atoms in total. The summed E-state index contributed by atoms with van der Waals surface area (Å²) < 4.78 is 2.02. The summed E-state index contributed by atoms with van der Waals surface area (Å²) >= 11 is 0. The summed E-state index contributed by atoms with van der Waals surface area (Å²) in [7, 11) is 0. The first-order valence-electron chi connectivity index (χ1n) is 5.17. The molecule has 0 saturated carbocycles. The number of hydrogen-bond acceptors (Lipinski definition) is 1. The summed E-state index contributed by atoms with van der Waals surface area (Å²) in [4.78, 5) is 11.3. The van der Waals surface area contributed by atoms with Crippen molar-refractivity contribution in [2.45, 2.75) is 26.8 Å².